The van der Waals surface area contributed by atoms with Crippen LogP contribution >= 0.6 is 0 Å². The number of nitrogens with zero attached hydrogens (tertiary/aromatic N) is 2. The second kappa shape index (κ2) is 9.08. The number of hydrogen-bond donors (Lipinski definition) is 0. The molecule has 1 amide bonds. The molecule has 3 rings (SSSR count). The largest absolute Gasteiger partial charge is 0.345 e. The van der Waals surface area contributed by atoms with E-state index in [0.29, 0.717) is 6.54 Å². The molecule has 3 aromatic rings. The molecule has 0 aliphatic heterocycles. The summed E-state index contributed by atoms with van der Waals surface area (Å²) < 4.78 is 16.5. The summed E-state index contributed by atoms with van der Waals surface area (Å²) in [5, 5.41) is 0. The van der Waals surface area contributed by atoms with Crippen molar-refractivity contribution in [3.8, 4) is 0 Å². The third-order valence-electron chi connectivity index (χ3n) is 5.51. The second-order valence-corrected chi connectivity index (χ2v) is 8.01. The van der Waals surface area contributed by atoms with Gasteiger partial charge in [-0.15, -0.1) is 0 Å². The van der Waals surface area contributed by atoms with Crippen molar-refractivity contribution in [2.45, 2.75) is 46.8 Å². The normalized spacial score (nSPS) is 12.2. The van der Waals surface area contributed by atoms with Gasteiger partial charge in [-0.2, -0.15) is 0 Å². The smallest absolute Gasteiger partial charge is 0.257 e. The van der Waals surface area contributed by atoms with Crippen molar-refractivity contribution < 1.29 is 9.18 Å². The second-order valence-electron chi connectivity index (χ2n) is 8.01. The van der Waals surface area contributed by atoms with Crippen LogP contribution in [0.3, 0.4) is 0 Å². The standard InChI is InChI=1S/C25H29FN2O/c1-18(2)20(4)28(25(29)23-12-5-6-13-24(23)26)17-22-11-8-14-27(22)16-21-10-7-9-19(3)15-21/h5-15,18,20H,16-17H2,1-4H3/t20-/m1/s1. The number of aromatic nitrogens is 1. The highest BCUT2D eigenvalue weighted by atomic mass is 19.1. The predicted molar refractivity (Wildman–Crippen MR) is 115 cm³/mol. The molecule has 29 heavy (non-hydrogen) atoms. The third-order valence-corrected chi connectivity index (χ3v) is 5.51. The Morgan fingerprint density at radius 1 is 1.03 bits per heavy atom. The lowest BCUT2D eigenvalue weighted by atomic mass is 10.0. The molecule has 1 aromatic heterocycles. The van der Waals surface area contributed by atoms with E-state index in [1.165, 1.54) is 17.2 Å². The maximum Gasteiger partial charge on any atom is 0.257 e. The van der Waals surface area contributed by atoms with Gasteiger partial charge < -0.3 is 9.47 Å². The fraction of sp³-hybridized carbons (Fsp3) is 0.320. The summed E-state index contributed by atoms with van der Waals surface area (Å²) in [7, 11) is 0. The summed E-state index contributed by atoms with van der Waals surface area (Å²) in [6.07, 6.45) is 2.03. The molecule has 0 fully saturated rings. The number of aryl methyl sites for hydroxylation is 1. The summed E-state index contributed by atoms with van der Waals surface area (Å²) in [6.45, 7) is 9.44. The predicted octanol–water partition coefficient (Wildman–Crippen LogP) is 5.67. The summed E-state index contributed by atoms with van der Waals surface area (Å²) in [4.78, 5) is 15.0. The average Bonchev–Trinajstić information content (AvgIpc) is 3.12. The van der Waals surface area contributed by atoms with E-state index in [0.717, 1.165) is 12.2 Å². The van der Waals surface area contributed by atoms with Crippen molar-refractivity contribution in [2.24, 2.45) is 5.92 Å². The minimum atomic E-state index is -0.478. The van der Waals surface area contributed by atoms with Gasteiger partial charge >= 0.3 is 0 Å². The molecule has 0 saturated heterocycles. The fourth-order valence-electron chi connectivity index (χ4n) is 3.48. The van der Waals surface area contributed by atoms with Crippen LogP contribution in [-0.2, 0) is 13.1 Å². The van der Waals surface area contributed by atoms with Gasteiger partial charge in [-0.05, 0) is 49.6 Å². The Bertz CT molecular complexity index is 976. The molecular formula is C25H29FN2O. The van der Waals surface area contributed by atoms with Crippen molar-refractivity contribution in [2.75, 3.05) is 0 Å². The summed E-state index contributed by atoms with van der Waals surface area (Å²) in [6, 6.07) is 18.6. The van der Waals surface area contributed by atoms with Crippen LogP contribution in [0.5, 0.6) is 0 Å². The van der Waals surface area contributed by atoms with Gasteiger partial charge in [0.25, 0.3) is 5.91 Å². The van der Waals surface area contributed by atoms with E-state index in [9.17, 15) is 9.18 Å². The van der Waals surface area contributed by atoms with E-state index in [-0.39, 0.29) is 23.4 Å². The first-order chi connectivity index (χ1) is 13.9. The van der Waals surface area contributed by atoms with Gasteiger partial charge in [-0.25, -0.2) is 4.39 Å². The summed E-state index contributed by atoms with van der Waals surface area (Å²) >= 11 is 0. The number of hydrogen-bond acceptors (Lipinski definition) is 1. The molecule has 0 unspecified atom stereocenters. The van der Waals surface area contributed by atoms with E-state index in [2.05, 4.69) is 49.6 Å². The Morgan fingerprint density at radius 2 is 1.79 bits per heavy atom. The first-order valence-corrected chi connectivity index (χ1v) is 10.1. The first kappa shape index (κ1) is 20.8. The minimum absolute atomic E-state index is 0.0237. The van der Waals surface area contributed by atoms with E-state index < -0.39 is 5.82 Å². The van der Waals surface area contributed by atoms with E-state index in [4.69, 9.17) is 0 Å². The van der Waals surface area contributed by atoms with Crippen LogP contribution in [0.2, 0.25) is 0 Å². The molecule has 0 aliphatic carbocycles. The highest BCUT2D eigenvalue weighted by Crippen LogP contribution is 2.20. The van der Waals surface area contributed by atoms with Gasteiger partial charge in [0.2, 0.25) is 0 Å². The van der Waals surface area contributed by atoms with Crippen molar-refractivity contribution >= 4 is 5.91 Å². The molecule has 1 atom stereocenters. The number of carbonyl (C=O) groups is 1. The van der Waals surface area contributed by atoms with Crippen molar-refractivity contribution in [3.05, 3.63) is 95.1 Å². The van der Waals surface area contributed by atoms with Crippen LogP contribution in [0.15, 0.2) is 66.9 Å². The monoisotopic (exact) mass is 392 g/mol. The van der Waals surface area contributed by atoms with E-state index >= 15 is 0 Å². The number of amides is 1. The van der Waals surface area contributed by atoms with Crippen LogP contribution in [0.4, 0.5) is 4.39 Å². The molecule has 3 nitrogen and oxygen atoms in total. The molecule has 0 bridgehead atoms. The molecule has 0 N–H and O–H groups in total. The van der Waals surface area contributed by atoms with Gasteiger partial charge in [0.15, 0.2) is 0 Å². The Labute approximate surface area is 172 Å². The summed E-state index contributed by atoms with van der Waals surface area (Å²) in [5.74, 6) is -0.493. The van der Waals surface area contributed by atoms with E-state index in [1.54, 1.807) is 23.1 Å². The van der Waals surface area contributed by atoms with Crippen molar-refractivity contribution in [1.82, 2.24) is 9.47 Å². The first-order valence-electron chi connectivity index (χ1n) is 10.1. The van der Waals surface area contributed by atoms with Crippen molar-refractivity contribution in [3.63, 3.8) is 0 Å². The number of rotatable bonds is 7. The number of halogens is 1. The van der Waals surface area contributed by atoms with Crippen LogP contribution in [0.25, 0.3) is 0 Å². The minimum Gasteiger partial charge on any atom is -0.345 e. The maximum atomic E-state index is 14.3. The molecule has 0 saturated carbocycles. The average molecular weight is 393 g/mol. The molecule has 4 heteroatoms. The van der Waals surface area contributed by atoms with Crippen LogP contribution in [0, 0.1) is 18.7 Å². The summed E-state index contributed by atoms with van der Waals surface area (Å²) in [5.41, 5.74) is 3.59. The van der Waals surface area contributed by atoms with Gasteiger partial charge in [0.1, 0.15) is 5.82 Å². The number of carbonyl (C=O) groups excluding carboxylic acids is 1. The lowest BCUT2D eigenvalue weighted by Crippen LogP contribution is -2.41. The zero-order valence-electron chi connectivity index (χ0n) is 17.6. The van der Waals surface area contributed by atoms with Crippen LogP contribution < -0.4 is 0 Å². The van der Waals surface area contributed by atoms with Crippen LogP contribution in [-0.4, -0.2) is 21.4 Å². The maximum absolute atomic E-state index is 14.3. The molecule has 152 valence electrons. The molecule has 1 heterocycles. The molecule has 0 spiro atoms. The topological polar surface area (TPSA) is 25.2 Å². The lowest BCUT2D eigenvalue weighted by Gasteiger charge is -2.32. The number of benzene rings is 2. The molecule has 2 aromatic carbocycles. The lowest BCUT2D eigenvalue weighted by molar-refractivity contribution is 0.0618. The highest BCUT2D eigenvalue weighted by Gasteiger charge is 2.26. The van der Waals surface area contributed by atoms with E-state index in [1.807, 2.05) is 25.3 Å². The molecular weight excluding hydrogens is 363 g/mol. The van der Waals surface area contributed by atoms with Crippen molar-refractivity contribution in [1.29, 1.82) is 0 Å². The molecule has 0 aliphatic rings. The van der Waals surface area contributed by atoms with Gasteiger partial charge in [0.05, 0.1) is 12.1 Å². The van der Waals surface area contributed by atoms with Gasteiger partial charge in [-0.1, -0.05) is 55.8 Å². The Kier molecular flexibility index (Phi) is 6.53. The quantitative estimate of drug-likeness (QED) is 0.508. The Balaban J connectivity index is 1.88. The zero-order valence-corrected chi connectivity index (χ0v) is 17.6. The third kappa shape index (κ3) is 4.94. The Hall–Kier alpha value is -2.88. The zero-order chi connectivity index (χ0) is 21.0. The van der Waals surface area contributed by atoms with Crippen LogP contribution in [0.1, 0.15) is 48.0 Å². The Morgan fingerprint density at radius 3 is 2.48 bits per heavy atom. The fourth-order valence-corrected chi connectivity index (χ4v) is 3.48. The SMILES string of the molecule is Cc1cccc(Cn2cccc2CN(C(=O)c2ccccc2F)[C@H](C)C(C)C)c1. The molecule has 0 radical (unpaired) electrons. The highest BCUT2D eigenvalue weighted by molar-refractivity contribution is 5.94. The van der Waals surface area contributed by atoms with Gasteiger partial charge in [-0.3, -0.25) is 4.79 Å². The van der Waals surface area contributed by atoms with Gasteiger partial charge in [0, 0.05) is 24.5 Å².